The topological polar surface area (TPSA) is 102 Å². The summed E-state index contributed by atoms with van der Waals surface area (Å²) in [5.41, 5.74) is 0. The van der Waals surface area contributed by atoms with Crippen molar-refractivity contribution in [2.45, 2.75) is 6.42 Å². The monoisotopic (exact) mass is 199 g/mol. The van der Waals surface area contributed by atoms with E-state index in [9.17, 15) is 4.57 Å². The Kier molecular flexibility index (Phi) is 6.55. The highest BCUT2D eigenvalue weighted by Crippen LogP contribution is 2.46. The summed E-state index contributed by atoms with van der Waals surface area (Å²) in [7, 11) is -3.28. The van der Waals surface area contributed by atoms with E-state index in [1.807, 2.05) is 0 Å². The van der Waals surface area contributed by atoms with Crippen LogP contribution in [0.3, 0.4) is 0 Å². The zero-order chi connectivity index (χ0) is 9.45. The fourth-order valence-corrected chi connectivity index (χ4v) is 1.78. The summed E-state index contributed by atoms with van der Waals surface area (Å²) in [6.07, 6.45) is 0.347. The molecule has 0 saturated carbocycles. The van der Waals surface area contributed by atoms with E-state index in [0.717, 1.165) is 0 Å². The first-order chi connectivity index (χ1) is 5.68. The van der Waals surface area contributed by atoms with E-state index >= 15 is 0 Å². The minimum atomic E-state index is -3.28. The lowest BCUT2D eigenvalue weighted by Gasteiger charge is -2.13. The highest BCUT2D eigenvalue weighted by Gasteiger charge is 2.22. The fraction of sp³-hybridized carbons (Fsp3) is 1.00. The molecule has 0 amide bonds. The summed E-state index contributed by atoms with van der Waals surface area (Å²) in [5, 5.41) is 16.8. The maximum Gasteiger partial charge on any atom is 0.346 e. The number of aliphatic hydroxyl groups excluding tert-OH is 2. The van der Waals surface area contributed by atoms with Crippen LogP contribution < -0.4 is 5.90 Å². The predicted molar refractivity (Wildman–Crippen MR) is 42.5 cm³/mol. The molecular formula is C5H14NO5P. The molecule has 0 radical (unpaired) electrons. The first-order valence-electron chi connectivity index (χ1n) is 3.52. The van der Waals surface area contributed by atoms with Gasteiger partial charge >= 0.3 is 7.60 Å². The van der Waals surface area contributed by atoms with Crippen LogP contribution >= 0.6 is 7.60 Å². The normalized spacial score (nSPS) is 15.9. The maximum atomic E-state index is 11.3. The van der Waals surface area contributed by atoms with Gasteiger partial charge in [0.05, 0.1) is 19.4 Å². The largest absolute Gasteiger partial charge is 0.396 e. The molecule has 12 heavy (non-hydrogen) atoms. The van der Waals surface area contributed by atoms with E-state index in [1.54, 1.807) is 0 Å². The average molecular weight is 199 g/mol. The van der Waals surface area contributed by atoms with Crippen molar-refractivity contribution in [1.29, 1.82) is 0 Å². The lowest BCUT2D eigenvalue weighted by Crippen LogP contribution is -2.08. The smallest absolute Gasteiger partial charge is 0.346 e. The van der Waals surface area contributed by atoms with Crippen molar-refractivity contribution in [1.82, 2.24) is 0 Å². The van der Waals surface area contributed by atoms with Crippen molar-refractivity contribution in [2.24, 2.45) is 5.90 Å². The second-order valence-corrected chi connectivity index (χ2v) is 4.21. The molecule has 0 aliphatic rings. The molecule has 0 aromatic heterocycles. The zero-order valence-electron chi connectivity index (χ0n) is 6.68. The molecule has 0 aliphatic carbocycles. The number of hydrogen-bond acceptors (Lipinski definition) is 6. The van der Waals surface area contributed by atoms with Gasteiger partial charge in [-0.05, 0) is 6.42 Å². The van der Waals surface area contributed by atoms with Crippen LogP contribution in [0, 0.1) is 0 Å². The van der Waals surface area contributed by atoms with E-state index in [0.29, 0.717) is 6.42 Å². The molecule has 0 aromatic carbocycles. The van der Waals surface area contributed by atoms with E-state index in [2.05, 4.69) is 9.15 Å². The van der Waals surface area contributed by atoms with Crippen LogP contribution in [0.15, 0.2) is 0 Å². The summed E-state index contributed by atoms with van der Waals surface area (Å²) < 4.78 is 20.1. The van der Waals surface area contributed by atoms with Gasteiger partial charge in [0.1, 0.15) is 0 Å². The Balaban J connectivity index is 3.79. The Morgan fingerprint density at radius 3 is 2.42 bits per heavy atom. The zero-order valence-corrected chi connectivity index (χ0v) is 7.57. The highest BCUT2D eigenvalue weighted by molar-refractivity contribution is 7.53. The second-order valence-electron chi connectivity index (χ2n) is 2.07. The van der Waals surface area contributed by atoms with Gasteiger partial charge < -0.3 is 14.7 Å². The summed E-state index contributed by atoms with van der Waals surface area (Å²) in [4.78, 5) is 0. The number of rotatable bonds is 7. The second kappa shape index (κ2) is 6.54. The number of hydrogen-bond donors (Lipinski definition) is 3. The maximum absolute atomic E-state index is 11.3. The molecule has 0 heterocycles. The molecule has 0 saturated heterocycles. The summed E-state index contributed by atoms with van der Waals surface area (Å²) in [6, 6.07) is 0. The predicted octanol–water partition coefficient (Wildman–Crippen LogP) is -0.539. The van der Waals surface area contributed by atoms with Crippen molar-refractivity contribution >= 4 is 7.60 Å². The standard InChI is InChI=1S/C5H14NO5P/c6-11-12(9,5-1-2-7)10-4-3-8/h7-8H,1-6H2. The summed E-state index contributed by atoms with van der Waals surface area (Å²) in [5.74, 6) is 4.74. The molecule has 0 aromatic rings. The molecule has 0 bridgehead atoms. The van der Waals surface area contributed by atoms with Gasteiger partial charge in [-0.3, -0.25) is 4.57 Å². The Labute approximate surface area is 70.8 Å². The Bertz CT molecular complexity index is 141. The van der Waals surface area contributed by atoms with Crippen LogP contribution in [-0.2, 0) is 13.7 Å². The van der Waals surface area contributed by atoms with Gasteiger partial charge in [0.2, 0.25) is 0 Å². The first kappa shape index (κ1) is 12.0. The van der Waals surface area contributed by atoms with Gasteiger partial charge in [0.15, 0.2) is 0 Å². The van der Waals surface area contributed by atoms with E-state index in [-0.39, 0.29) is 26.0 Å². The molecule has 0 spiro atoms. The van der Waals surface area contributed by atoms with Crippen LogP contribution in [0.1, 0.15) is 6.42 Å². The van der Waals surface area contributed by atoms with Crippen LogP contribution in [0.4, 0.5) is 0 Å². The lowest BCUT2D eigenvalue weighted by atomic mass is 10.5. The molecule has 0 rings (SSSR count). The summed E-state index contributed by atoms with van der Waals surface area (Å²) >= 11 is 0. The van der Waals surface area contributed by atoms with Crippen LogP contribution in [0.2, 0.25) is 0 Å². The quantitative estimate of drug-likeness (QED) is 0.376. The van der Waals surface area contributed by atoms with E-state index in [4.69, 9.17) is 16.1 Å². The van der Waals surface area contributed by atoms with Gasteiger partial charge in [-0.15, -0.1) is 0 Å². The minimum absolute atomic E-state index is 0.0556. The Morgan fingerprint density at radius 1 is 1.33 bits per heavy atom. The average Bonchev–Trinajstić information content (AvgIpc) is 2.11. The molecular weight excluding hydrogens is 185 g/mol. The molecule has 0 fully saturated rings. The third-order valence-corrected chi connectivity index (χ3v) is 2.89. The molecule has 1 unspecified atom stereocenters. The van der Waals surface area contributed by atoms with Crippen LogP contribution in [-0.4, -0.2) is 36.2 Å². The van der Waals surface area contributed by atoms with E-state index < -0.39 is 7.60 Å². The van der Waals surface area contributed by atoms with Crippen molar-refractivity contribution in [3.05, 3.63) is 0 Å². The molecule has 0 aliphatic heterocycles. The van der Waals surface area contributed by atoms with Crippen molar-refractivity contribution in [3.63, 3.8) is 0 Å². The third-order valence-electron chi connectivity index (χ3n) is 1.13. The summed E-state index contributed by atoms with van der Waals surface area (Å²) in [6.45, 7) is -0.428. The Morgan fingerprint density at radius 2 is 2.00 bits per heavy atom. The van der Waals surface area contributed by atoms with Crippen molar-refractivity contribution in [3.8, 4) is 0 Å². The molecule has 4 N–H and O–H groups in total. The van der Waals surface area contributed by atoms with Gasteiger partial charge in [0, 0.05) is 6.61 Å². The van der Waals surface area contributed by atoms with Crippen molar-refractivity contribution in [2.75, 3.05) is 26.0 Å². The van der Waals surface area contributed by atoms with Gasteiger partial charge in [-0.1, -0.05) is 0 Å². The van der Waals surface area contributed by atoms with Gasteiger partial charge in [-0.25, -0.2) is 10.5 Å². The van der Waals surface area contributed by atoms with Crippen LogP contribution in [0.25, 0.3) is 0 Å². The Hall–Kier alpha value is 0.0300. The fourth-order valence-electron chi connectivity index (χ4n) is 0.592. The van der Waals surface area contributed by atoms with E-state index in [1.165, 1.54) is 0 Å². The van der Waals surface area contributed by atoms with Crippen LogP contribution in [0.5, 0.6) is 0 Å². The highest BCUT2D eigenvalue weighted by atomic mass is 31.2. The molecule has 1 atom stereocenters. The van der Waals surface area contributed by atoms with Gasteiger partial charge in [0.25, 0.3) is 0 Å². The lowest BCUT2D eigenvalue weighted by molar-refractivity contribution is 0.161. The van der Waals surface area contributed by atoms with Gasteiger partial charge in [-0.2, -0.15) is 0 Å². The third kappa shape index (κ3) is 4.82. The molecule has 7 heteroatoms. The SMILES string of the molecule is NOP(=O)(CCCO)OCCO. The molecule has 6 nitrogen and oxygen atoms in total. The minimum Gasteiger partial charge on any atom is -0.396 e. The molecule has 74 valence electrons. The number of aliphatic hydroxyl groups is 2. The first-order valence-corrected chi connectivity index (χ1v) is 5.25. The number of nitrogens with two attached hydrogens (primary N) is 1. The van der Waals surface area contributed by atoms with Crippen molar-refractivity contribution < 1.29 is 23.9 Å².